The van der Waals surface area contributed by atoms with Gasteiger partial charge in [0, 0.05) is 4.88 Å². The molecule has 8 heteroatoms. The maximum absolute atomic E-state index is 11.6. The van der Waals surface area contributed by atoms with Crippen LogP contribution in [-0.2, 0) is 20.9 Å². The number of amides is 3. The lowest BCUT2D eigenvalue weighted by Crippen LogP contribution is -2.41. The number of hydrogen-bond donors (Lipinski definition) is 2. The molecule has 0 aliphatic heterocycles. The van der Waals surface area contributed by atoms with Crippen molar-refractivity contribution >= 4 is 29.2 Å². The van der Waals surface area contributed by atoms with Crippen LogP contribution in [0.25, 0.3) is 0 Å². The van der Waals surface area contributed by atoms with Crippen molar-refractivity contribution < 1.29 is 23.9 Å². The molecule has 1 aromatic heterocycles. The molecular weight excluding hydrogens is 356 g/mol. The maximum Gasteiger partial charge on any atom is 0.344 e. The number of benzene rings is 1. The van der Waals surface area contributed by atoms with Crippen LogP contribution in [-0.4, -0.2) is 31.1 Å². The predicted octanol–water partition coefficient (Wildman–Crippen LogP) is 2.31. The molecule has 2 rings (SSSR count). The van der Waals surface area contributed by atoms with Crippen LogP contribution in [0, 0.1) is 13.8 Å². The minimum atomic E-state index is -0.715. The molecule has 1 heterocycles. The second kappa shape index (κ2) is 9.57. The summed E-state index contributed by atoms with van der Waals surface area (Å²) in [6, 6.07) is 8.53. The van der Waals surface area contributed by atoms with Gasteiger partial charge in [0.25, 0.3) is 5.91 Å². The quantitative estimate of drug-likeness (QED) is 0.724. The summed E-state index contributed by atoms with van der Waals surface area (Å²) in [6.07, 6.45) is 0. The number of carbonyl (C=O) groups excluding carboxylic acids is 3. The van der Waals surface area contributed by atoms with Crippen molar-refractivity contribution in [1.82, 2.24) is 10.6 Å². The molecule has 0 aliphatic carbocycles. The molecule has 0 unspecified atom stereocenters. The van der Waals surface area contributed by atoms with Crippen molar-refractivity contribution in [1.29, 1.82) is 0 Å². The molecule has 138 valence electrons. The Kier molecular flexibility index (Phi) is 7.16. The molecule has 0 spiro atoms. The fraction of sp³-hybridized carbons (Fsp3) is 0.278. The van der Waals surface area contributed by atoms with Crippen LogP contribution in [0.15, 0.2) is 35.7 Å². The van der Waals surface area contributed by atoms with Gasteiger partial charge in [-0.05, 0) is 48.6 Å². The average molecular weight is 376 g/mol. The van der Waals surface area contributed by atoms with Gasteiger partial charge in [0.2, 0.25) is 0 Å². The van der Waals surface area contributed by atoms with Crippen LogP contribution in [0.3, 0.4) is 0 Å². The Hall–Kier alpha value is -2.87. The van der Waals surface area contributed by atoms with Gasteiger partial charge in [-0.1, -0.05) is 12.1 Å². The average Bonchev–Trinajstić information content (AvgIpc) is 3.13. The molecule has 0 bridgehead atoms. The molecule has 0 fully saturated rings. The Bertz CT molecular complexity index is 774. The third-order valence-corrected chi connectivity index (χ3v) is 4.33. The van der Waals surface area contributed by atoms with Crippen molar-refractivity contribution in [2.45, 2.75) is 20.4 Å². The van der Waals surface area contributed by atoms with E-state index in [0.717, 1.165) is 16.0 Å². The molecule has 1 aromatic carbocycles. The second-order valence-corrected chi connectivity index (χ2v) is 6.54. The Morgan fingerprint density at radius 1 is 1.08 bits per heavy atom. The summed E-state index contributed by atoms with van der Waals surface area (Å²) in [4.78, 5) is 35.7. The largest absolute Gasteiger partial charge is 0.482 e. The van der Waals surface area contributed by atoms with Gasteiger partial charge in [0.1, 0.15) is 5.75 Å². The van der Waals surface area contributed by atoms with Gasteiger partial charge in [-0.2, -0.15) is 0 Å². The number of imide groups is 1. The highest BCUT2D eigenvalue weighted by Gasteiger charge is 2.11. The summed E-state index contributed by atoms with van der Waals surface area (Å²) in [5, 5.41) is 6.51. The molecule has 2 aromatic rings. The van der Waals surface area contributed by atoms with Gasteiger partial charge >= 0.3 is 12.0 Å². The van der Waals surface area contributed by atoms with Crippen LogP contribution in [0.5, 0.6) is 5.75 Å². The van der Waals surface area contributed by atoms with E-state index < -0.39 is 24.5 Å². The smallest absolute Gasteiger partial charge is 0.344 e. The molecular formula is C18H20N2O5S. The molecule has 0 atom stereocenters. The summed E-state index contributed by atoms with van der Waals surface area (Å²) < 4.78 is 10.1. The molecule has 0 saturated heterocycles. The maximum atomic E-state index is 11.6. The zero-order chi connectivity index (χ0) is 18.9. The van der Waals surface area contributed by atoms with E-state index in [1.54, 1.807) is 6.07 Å². The Morgan fingerprint density at radius 2 is 1.88 bits per heavy atom. The summed E-state index contributed by atoms with van der Waals surface area (Å²) in [5.74, 6) is -0.868. The Morgan fingerprint density at radius 3 is 2.58 bits per heavy atom. The first-order chi connectivity index (χ1) is 12.4. The highest BCUT2D eigenvalue weighted by atomic mass is 32.1. The summed E-state index contributed by atoms with van der Waals surface area (Å²) in [7, 11) is 0. The minimum absolute atomic E-state index is 0.319. The van der Waals surface area contributed by atoms with Gasteiger partial charge in [-0.25, -0.2) is 9.59 Å². The van der Waals surface area contributed by atoms with Crippen LogP contribution >= 0.6 is 11.3 Å². The number of hydrogen-bond acceptors (Lipinski definition) is 6. The van der Waals surface area contributed by atoms with E-state index >= 15 is 0 Å². The Balaban J connectivity index is 1.63. The van der Waals surface area contributed by atoms with Crippen LogP contribution < -0.4 is 15.4 Å². The van der Waals surface area contributed by atoms with E-state index in [4.69, 9.17) is 9.47 Å². The second-order valence-electron chi connectivity index (χ2n) is 5.51. The molecule has 3 amide bonds. The highest BCUT2D eigenvalue weighted by molar-refractivity contribution is 7.09. The molecule has 0 saturated carbocycles. The summed E-state index contributed by atoms with van der Waals surface area (Å²) in [5.41, 5.74) is 2.16. The number of rotatable bonds is 7. The third-order valence-electron chi connectivity index (χ3n) is 3.46. The standard InChI is InChI=1S/C18H20N2O5S/c1-12-5-6-14(8-13(12)2)24-11-17(22)25-10-16(21)20-18(23)19-9-15-4-3-7-26-15/h3-8H,9-11H2,1-2H3,(H2,19,20,21,23). The van der Waals surface area contributed by atoms with E-state index in [9.17, 15) is 14.4 Å². The van der Waals surface area contributed by atoms with Crippen molar-refractivity contribution in [3.05, 3.63) is 51.7 Å². The van der Waals surface area contributed by atoms with Gasteiger partial charge in [0.15, 0.2) is 13.2 Å². The normalized spacial score (nSPS) is 10.1. The monoisotopic (exact) mass is 376 g/mol. The molecule has 2 N–H and O–H groups in total. The first-order valence-corrected chi connectivity index (χ1v) is 8.78. The topological polar surface area (TPSA) is 93.7 Å². The van der Waals surface area contributed by atoms with E-state index in [-0.39, 0.29) is 6.61 Å². The van der Waals surface area contributed by atoms with E-state index in [1.165, 1.54) is 11.3 Å². The lowest BCUT2D eigenvalue weighted by atomic mass is 10.1. The molecule has 7 nitrogen and oxygen atoms in total. The zero-order valence-corrected chi connectivity index (χ0v) is 15.4. The molecule has 0 aliphatic rings. The molecule has 26 heavy (non-hydrogen) atoms. The number of aryl methyl sites for hydroxylation is 2. The van der Waals surface area contributed by atoms with Crippen LogP contribution in [0.1, 0.15) is 16.0 Å². The summed E-state index contributed by atoms with van der Waals surface area (Å²) >= 11 is 1.49. The fourth-order valence-corrected chi connectivity index (χ4v) is 2.57. The minimum Gasteiger partial charge on any atom is -0.482 e. The number of urea groups is 1. The van der Waals surface area contributed by atoms with Crippen molar-refractivity contribution in [2.24, 2.45) is 0 Å². The Labute approximate surface area is 155 Å². The highest BCUT2D eigenvalue weighted by Crippen LogP contribution is 2.16. The molecule has 0 radical (unpaired) electrons. The van der Waals surface area contributed by atoms with Gasteiger partial charge in [0.05, 0.1) is 6.54 Å². The van der Waals surface area contributed by atoms with Gasteiger partial charge in [-0.3, -0.25) is 10.1 Å². The first kappa shape index (κ1) is 19.5. The SMILES string of the molecule is Cc1ccc(OCC(=O)OCC(=O)NC(=O)NCc2cccs2)cc1C. The van der Waals surface area contributed by atoms with Crippen molar-refractivity contribution in [2.75, 3.05) is 13.2 Å². The number of ether oxygens (including phenoxy) is 2. The zero-order valence-electron chi connectivity index (χ0n) is 14.5. The fourth-order valence-electron chi connectivity index (χ4n) is 1.92. The van der Waals surface area contributed by atoms with E-state index in [1.807, 2.05) is 43.5 Å². The van der Waals surface area contributed by atoms with E-state index in [2.05, 4.69) is 10.6 Å². The number of carbonyl (C=O) groups is 3. The number of thiophene rings is 1. The lowest BCUT2D eigenvalue weighted by molar-refractivity contribution is -0.150. The number of nitrogens with one attached hydrogen (secondary N) is 2. The summed E-state index contributed by atoms with van der Waals surface area (Å²) in [6.45, 7) is 3.36. The first-order valence-electron chi connectivity index (χ1n) is 7.90. The third kappa shape index (κ3) is 6.56. The van der Waals surface area contributed by atoms with Crippen LogP contribution in [0.2, 0.25) is 0 Å². The van der Waals surface area contributed by atoms with Gasteiger partial charge < -0.3 is 14.8 Å². The van der Waals surface area contributed by atoms with Crippen molar-refractivity contribution in [3.8, 4) is 5.75 Å². The van der Waals surface area contributed by atoms with Crippen LogP contribution in [0.4, 0.5) is 4.79 Å². The number of esters is 1. The van der Waals surface area contributed by atoms with E-state index in [0.29, 0.717) is 12.3 Å². The van der Waals surface area contributed by atoms with Gasteiger partial charge in [-0.15, -0.1) is 11.3 Å². The lowest BCUT2D eigenvalue weighted by Gasteiger charge is -2.09. The van der Waals surface area contributed by atoms with Crippen molar-refractivity contribution in [3.63, 3.8) is 0 Å². The predicted molar refractivity (Wildman–Crippen MR) is 97.1 cm³/mol.